The lowest BCUT2D eigenvalue weighted by Crippen LogP contribution is -2.32. The number of nitrogens with one attached hydrogen (secondary N) is 1. The van der Waals surface area contributed by atoms with E-state index >= 15 is 0 Å². The van der Waals surface area contributed by atoms with Crippen LogP contribution in [0.4, 0.5) is 5.82 Å². The summed E-state index contributed by atoms with van der Waals surface area (Å²) in [6.45, 7) is 2.16. The van der Waals surface area contributed by atoms with Gasteiger partial charge in [0.25, 0.3) is 5.91 Å². The molecule has 1 fully saturated rings. The van der Waals surface area contributed by atoms with Crippen LogP contribution in [0.2, 0.25) is 0 Å². The highest BCUT2D eigenvalue weighted by atomic mass is 16.3. The van der Waals surface area contributed by atoms with Crippen LogP contribution in [0.25, 0.3) is 0 Å². The Labute approximate surface area is 129 Å². The Kier molecular flexibility index (Phi) is 4.68. The molecule has 2 aromatic heterocycles. The molecule has 0 aliphatic carbocycles. The second-order valence-electron chi connectivity index (χ2n) is 5.43. The highest BCUT2D eigenvalue weighted by molar-refractivity contribution is 5.92. The maximum atomic E-state index is 12.5. The molecule has 1 saturated heterocycles. The van der Waals surface area contributed by atoms with Gasteiger partial charge in [-0.15, -0.1) is 0 Å². The molecule has 6 heteroatoms. The molecule has 3 heterocycles. The molecule has 3 rings (SSSR count). The maximum Gasteiger partial charge on any atom is 0.272 e. The molecule has 0 saturated carbocycles. The molecule has 1 amide bonds. The van der Waals surface area contributed by atoms with Gasteiger partial charge in [-0.05, 0) is 25.0 Å². The standard InChI is InChI=1S/C16H20N4O2/c21-16(20-7-3-1-2-4-8-20)14-10-15(19-12-18-14)17-11-13-6-5-9-22-13/h5-6,9-10,12H,1-4,7-8,11H2,(H,17,18,19). The van der Waals surface area contributed by atoms with E-state index in [0.29, 0.717) is 18.1 Å². The normalized spacial score (nSPS) is 15.4. The van der Waals surface area contributed by atoms with E-state index in [1.54, 1.807) is 12.3 Å². The molecule has 1 aliphatic heterocycles. The monoisotopic (exact) mass is 300 g/mol. The number of nitrogens with zero attached hydrogens (tertiary/aromatic N) is 3. The molecule has 1 N–H and O–H groups in total. The predicted octanol–water partition coefficient (Wildman–Crippen LogP) is 2.70. The lowest BCUT2D eigenvalue weighted by Gasteiger charge is -2.19. The second kappa shape index (κ2) is 7.06. The molecule has 0 atom stereocenters. The summed E-state index contributed by atoms with van der Waals surface area (Å²) in [5, 5.41) is 3.14. The second-order valence-corrected chi connectivity index (χ2v) is 5.43. The summed E-state index contributed by atoms with van der Waals surface area (Å²) in [6.07, 6.45) is 7.59. The molecular formula is C16H20N4O2. The lowest BCUT2D eigenvalue weighted by atomic mass is 10.2. The Balaban J connectivity index is 1.65. The minimum absolute atomic E-state index is 0.00894. The van der Waals surface area contributed by atoms with Crippen LogP contribution >= 0.6 is 0 Å². The van der Waals surface area contributed by atoms with Crippen LogP contribution in [0.1, 0.15) is 41.9 Å². The molecule has 0 unspecified atom stereocenters. The molecule has 22 heavy (non-hydrogen) atoms. The first-order valence-electron chi connectivity index (χ1n) is 7.70. The van der Waals surface area contributed by atoms with Crippen LogP contribution in [-0.2, 0) is 6.54 Å². The quantitative estimate of drug-likeness (QED) is 0.940. The van der Waals surface area contributed by atoms with Crippen molar-refractivity contribution in [2.45, 2.75) is 32.2 Å². The van der Waals surface area contributed by atoms with Crippen molar-refractivity contribution in [2.24, 2.45) is 0 Å². The van der Waals surface area contributed by atoms with E-state index in [0.717, 1.165) is 31.7 Å². The zero-order valence-corrected chi connectivity index (χ0v) is 12.5. The molecule has 1 aliphatic rings. The first-order chi connectivity index (χ1) is 10.8. The van der Waals surface area contributed by atoms with Crippen molar-refractivity contribution >= 4 is 11.7 Å². The van der Waals surface area contributed by atoms with Crippen LogP contribution in [0, 0.1) is 0 Å². The third-order valence-corrected chi connectivity index (χ3v) is 3.80. The molecule has 0 spiro atoms. The molecule has 0 aromatic carbocycles. The zero-order valence-electron chi connectivity index (χ0n) is 12.5. The average Bonchev–Trinajstić information content (AvgIpc) is 2.93. The number of hydrogen-bond donors (Lipinski definition) is 1. The van der Waals surface area contributed by atoms with Crippen molar-refractivity contribution in [2.75, 3.05) is 18.4 Å². The van der Waals surface area contributed by atoms with Crippen LogP contribution in [0.3, 0.4) is 0 Å². The van der Waals surface area contributed by atoms with E-state index in [-0.39, 0.29) is 5.91 Å². The van der Waals surface area contributed by atoms with Crippen LogP contribution in [0.5, 0.6) is 0 Å². The number of carbonyl (C=O) groups excluding carboxylic acids is 1. The summed E-state index contributed by atoms with van der Waals surface area (Å²) in [6, 6.07) is 5.43. The zero-order chi connectivity index (χ0) is 15.2. The third kappa shape index (κ3) is 3.63. The summed E-state index contributed by atoms with van der Waals surface area (Å²) >= 11 is 0. The van der Waals surface area contributed by atoms with E-state index in [1.807, 2.05) is 17.0 Å². The summed E-state index contributed by atoms with van der Waals surface area (Å²) in [4.78, 5) is 22.7. The summed E-state index contributed by atoms with van der Waals surface area (Å²) < 4.78 is 5.26. The smallest absolute Gasteiger partial charge is 0.272 e. The van der Waals surface area contributed by atoms with Gasteiger partial charge >= 0.3 is 0 Å². The molecule has 0 bridgehead atoms. The van der Waals surface area contributed by atoms with Crippen LogP contribution < -0.4 is 5.32 Å². The first kappa shape index (κ1) is 14.6. The number of carbonyl (C=O) groups is 1. The Morgan fingerprint density at radius 3 is 2.77 bits per heavy atom. The van der Waals surface area contributed by atoms with Crippen molar-refractivity contribution in [1.82, 2.24) is 14.9 Å². The van der Waals surface area contributed by atoms with E-state index < -0.39 is 0 Å². The van der Waals surface area contributed by atoms with Crippen molar-refractivity contribution < 1.29 is 9.21 Å². The van der Waals surface area contributed by atoms with Crippen LogP contribution in [-0.4, -0.2) is 33.9 Å². The van der Waals surface area contributed by atoms with Gasteiger partial charge in [0, 0.05) is 19.2 Å². The van der Waals surface area contributed by atoms with Crippen molar-refractivity contribution in [3.63, 3.8) is 0 Å². The van der Waals surface area contributed by atoms with Gasteiger partial charge in [0.2, 0.25) is 0 Å². The van der Waals surface area contributed by atoms with E-state index in [1.165, 1.54) is 19.2 Å². The van der Waals surface area contributed by atoms with Crippen molar-refractivity contribution in [3.8, 4) is 0 Å². The van der Waals surface area contributed by atoms with Crippen LogP contribution in [0.15, 0.2) is 35.2 Å². The number of furan rings is 1. The largest absolute Gasteiger partial charge is 0.467 e. The van der Waals surface area contributed by atoms with Crippen molar-refractivity contribution in [3.05, 3.63) is 42.2 Å². The molecule has 2 aromatic rings. The Hall–Kier alpha value is -2.37. The van der Waals surface area contributed by atoms with Gasteiger partial charge in [-0.25, -0.2) is 9.97 Å². The summed E-state index contributed by atoms with van der Waals surface area (Å²) in [7, 11) is 0. The topological polar surface area (TPSA) is 71.3 Å². The summed E-state index contributed by atoms with van der Waals surface area (Å²) in [5.41, 5.74) is 0.443. The van der Waals surface area contributed by atoms with E-state index in [4.69, 9.17) is 4.42 Å². The first-order valence-corrected chi connectivity index (χ1v) is 7.70. The lowest BCUT2D eigenvalue weighted by molar-refractivity contribution is 0.0755. The Morgan fingerprint density at radius 2 is 2.05 bits per heavy atom. The minimum atomic E-state index is -0.00894. The highest BCUT2D eigenvalue weighted by Crippen LogP contribution is 2.14. The molecule has 116 valence electrons. The third-order valence-electron chi connectivity index (χ3n) is 3.80. The van der Waals surface area contributed by atoms with Gasteiger partial charge in [0.15, 0.2) is 0 Å². The van der Waals surface area contributed by atoms with E-state index in [9.17, 15) is 4.79 Å². The molecule has 6 nitrogen and oxygen atoms in total. The fourth-order valence-electron chi connectivity index (χ4n) is 2.60. The number of rotatable bonds is 4. The maximum absolute atomic E-state index is 12.5. The van der Waals surface area contributed by atoms with Crippen molar-refractivity contribution in [1.29, 1.82) is 0 Å². The number of likely N-dealkylation sites (tertiary alicyclic amines) is 1. The number of anilines is 1. The molecule has 0 radical (unpaired) electrons. The van der Waals surface area contributed by atoms with E-state index in [2.05, 4.69) is 15.3 Å². The highest BCUT2D eigenvalue weighted by Gasteiger charge is 2.18. The summed E-state index contributed by atoms with van der Waals surface area (Å²) in [5.74, 6) is 1.44. The van der Waals surface area contributed by atoms with Gasteiger partial charge in [0.1, 0.15) is 23.6 Å². The SMILES string of the molecule is O=C(c1cc(NCc2ccco2)ncn1)N1CCCCCC1. The minimum Gasteiger partial charge on any atom is -0.467 e. The Morgan fingerprint density at radius 1 is 1.23 bits per heavy atom. The molecular weight excluding hydrogens is 280 g/mol. The predicted molar refractivity (Wildman–Crippen MR) is 82.4 cm³/mol. The van der Waals surface area contributed by atoms with Gasteiger partial charge in [0.05, 0.1) is 12.8 Å². The fraction of sp³-hybridized carbons (Fsp3) is 0.438. The fourth-order valence-corrected chi connectivity index (χ4v) is 2.60. The Bertz CT molecular complexity index is 604. The van der Waals surface area contributed by atoms with Gasteiger partial charge in [-0.1, -0.05) is 12.8 Å². The average molecular weight is 300 g/mol. The number of amides is 1. The number of hydrogen-bond acceptors (Lipinski definition) is 5. The van der Waals surface area contributed by atoms with Gasteiger partial charge in [-0.2, -0.15) is 0 Å². The van der Waals surface area contributed by atoms with Gasteiger partial charge in [-0.3, -0.25) is 4.79 Å². The number of aromatic nitrogens is 2. The van der Waals surface area contributed by atoms with Gasteiger partial charge < -0.3 is 14.6 Å².